The van der Waals surface area contributed by atoms with Gasteiger partial charge in [-0.2, -0.15) is 0 Å². The summed E-state index contributed by atoms with van der Waals surface area (Å²) in [6.07, 6.45) is 1.48. The monoisotopic (exact) mass is 230 g/mol. The lowest BCUT2D eigenvalue weighted by molar-refractivity contribution is -0.122. The molecule has 0 saturated carbocycles. The van der Waals surface area contributed by atoms with E-state index in [4.69, 9.17) is 10.5 Å². The van der Waals surface area contributed by atoms with Crippen molar-refractivity contribution >= 4 is 5.91 Å². The molecule has 3 N–H and O–H groups in total. The second-order valence-corrected chi connectivity index (χ2v) is 4.53. The van der Waals surface area contributed by atoms with Gasteiger partial charge in [-0.15, -0.1) is 0 Å². The smallest absolute Gasteiger partial charge is 0.220 e. The number of nitrogens with one attached hydrogen (secondary N) is 1. The third kappa shape index (κ3) is 8.68. The summed E-state index contributed by atoms with van der Waals surface area (Å²) in [6.45, 7) is 8.76. The summed E-state index contributed by atoms with van der Waals surface area (Å²) in [5.74, 6) is 0.916. The summed E-state index contributed by atoms with van der Waals surface area (Å²) < 4.78 is 5.36. The fraction of sp³-hybridized carbons (Fsp3) is 0.917. The van der Waals surface area contributed by atoms with Crippen LogP contribution in [0.3, 0.4) is 0 Å². The molecule has 0 heterocycles. The molecule has 1 atom stereocenters. The highest BCUT2D eigenvalue weighted by molar-refractivity contribution is 5.76. The molecule has 4 nitrogen and oxygen atoms in total. The zero-order valence-electron chi connectivity index (χ0n) is 10.8. The van der Waals surface area contributed by atoms with Crippen LogP contribution in [0.25, 0.3) is 0 Å². The van der Waals surface area contributed by atoms with Gasteiger partial charge in [0, 0.05) is 19.6 Å². The van der Waals surface area contributed by atoms with E-state index in [9.17, 15) is 4.79 Å². The summed E-state index contributed by atoms with van der Waals surface area (Å²) in [4.78, 5) is 11.4. The summed E-state index contributed by atoms with van der Waals surface area (Å²) in [5, 5.41) is 2.84. The van der Waals surface area contributed by atoms with Crippen LogP contribution >= 0.6 is 0 Å². The maximum atomic E-state index is 11.4. The van der Waals surface area contributed by atoms with Gasteiger partial charge in [0.05, 0.1) is 6.61 Å². The first-order valence-electron chi connectivity index (χ1n) is 6.14. The molecule has 0 aliphatic rings. The lowest BCUT2D eigenvalue weighted by Crippen LogP contribution is -2.30. The van der Waals surface area contributed by atoms with E-state index in [0.29, 0.717) is 38.0 Å². The van der Waals surface area contributed by atoms with E-state index in [1.54, 1.807) is 0 Å². The van der Waals surface area contributed by atoms with Crippen LogP contribution in [0, 0.1) is 11.8 Å². The fourth-order valence-corrected chi connectivity index (χ4v) is 1.31. The molecule has 0 saturated heterocycles. The first-order chi connectivity index (χ1) is 7.60. The molecule has 0 aromatic rings. The van der Waals surface area contributed by atoms with Gasteiger partial charge in [0.25, 0.3) is 0 Å². The third-order valence-electron chi connectivity index (χ3n) is 2.40. The maximum absolute atomic E-state index is 11.4. The lowest BCUT2D eigenvalue weighted by atomic mass is 10.0. The fourth-order valence-electron chi connectivity index (χ4n) is 1.31. The quantitative estimate of drug-likeness (QED) is 0.584. The molecule has 4 heteroatoms. The number of nitrogens with two attached hydrogens (primary N) is 1. The van der Waals surface area contributed by atoms with E-state index in [-0.39, 0.29) is 5.91 Å². The van der Waals surface area contributed by atoms with Gasteiger partial charge in [-0.1, -0.05) is 27.2 Å². The number of ether oxygens (including phenoxy) is 1. The SMILES string of the molecule is CCC(CN)CC(=O)NCCOCC(C)C. The topological polar surface area (TPSA) is 64.4 Å². The second-order valence-electron chi connectivity index (χ2n) is 4.53. The summed E-state index contributed by atoms with van der Waals surface area (Å²) in [5.41, 5.74) is 5.54. The minimum atomic E-state index is 0.0745. The standard InChI is InChI=1S/C12H26N2O2/c1-4-11(8-13)7-12(15)14-5-6-16-9-10(2)3/h10-11H,4-9,13H2,1-3H3,(H,14,15). The van der Waals surface area contributed by atoms with E-state index in [0.717, 1.165) is 13.0 Å². The summed E-state index contributed by atoms with van der Waals surface area (Å²) in [6, 6.07) is 0. The van der Waals surface area contributed by atoms with E-state index >= 15 is 0 Å². The Morgan fingerprint density at radius 3 is 2.62 bits per heavy atom. The zero-order chi connectivity index (χ0) is 12.4. The van der Waals surface area contributed by atoms with Gasteiger partial charge in [-0.05, 0) is 18.4 Å². The van der Waals surface area contributed by atoms with Crippen LogP contribution in [0.5, 0.6) is 0 Å². The van der Waals surface area contributed by atoms with E-state index in [1.165, 1.54) is 0 Å². The Morgan fingerprint density at radius 2 is 2.12 bits per heavy atom. The molecule has 96 valence electrons. The van der Waals surface area contributed by atoms with Crippen molar-refractivity contribution in [2.45, 2.75) is 33.6 Å². The molecule has 0 aliphatic carbocycles. The van der Waals surface area contributed by atoms with Crippen LogP contribution in [0.2, 0.25) is 0 Å². The maximum Gasteiger partial charge on any atom is 0.220 e. The van der Waals surface area contributed by atoms with Crippen molar-refractivity contribution in [2.24, 2.45) is 17.6 Å². The largest absolute Gasteiger partial charge is 0.379 e. The number of rotatable bonds is 9. The molecule has 0 fully saturated rings. The molecular weight excluding hydrogens is 204 g/mol. The number of carbonyl (C=O) groups is 1. The molecule has 1 amide bonds. The number of carbonyl (C=O) groups excluding carboxylic acids is 1. The molecule has 0 aromatic heterocycles. The normalized spacial score (nSPS) is 12.8. The molecule has 1 unspecified atom stereocenters. The lowest BCUT2D eigenvalue weighted by Gasteiger charge is -2.12. The van der Waals surface area contributed by atoms with Gasteiger partial charge < -0.3 is 15.8 Å². The van der Waals surface area contributed by atoms with Crippen molar-refractivity contribution in [1.82, 2.24) is 5.32 Å². The van der Waals surface area contributed by atoms with Crippen LogP contribution in [-0.4, -0.2) is 32.2 Å². The van der Waals surface area contributed by atoms with Crippen molar-refractivity contribution in [3.05, 3.63) is 0 Å². The molecule has 0 bridgehead atoms. The molecular formula is C12H26N2O2. The average Bonchev–Trinajstić information content (AvgIpc) is 2.25. The molecule has 16 heavy (non-hydrogen) atoms. The minimum Gasteiger partial charge on any atom is -0.379 e. The molecule has 0 aromatic carbocycles. The van der Waals surface area contributed by atoms with Gasteiger partial charge in [-0.25, -0.2) is 0 Å². The highest BCUT2D eigenvalue weighted by Crippen LogP contribution is 2.04. The highest BCUT2D eigenvalue weighted by Gasteiger charge is 2.09. The van der Waals surface area contributed by atoms with E-state index in [2.05, 4.69) is 26.1 Å². The Balaban J connectivity index is 3.43. The Kier molecular flexibility index (Phi) is 9.24. The van der Waals surface area contributed by atoms with Crippen molar-refractivity contribution < 1.29 is 9.53 Å². The second kappa shape index (κ2) is 9.60. The first kappa shape index (κ1) is 15.4. The van der Waals surface area contributed by atoms with Gasteiger partial charge in [0.15, 0.2) is 0 Å². The Labute approximate surface area is 98.9 Å². The van der Waals surface area contributed by atoms with Crippen LogP contribution < -0.4 is 11.1 Å². The van der Waals surface area contributed by atoms with Crippen molar-refractivity contribution in [2.75, 3.05) is 26.3 Å². The van der Waals surface area contributed by atoms with Crippen LogP contribution in [0.15, 0.2) is 0 Å². The summed E-state index contributed by atoms with van der Waals surface area (Å²) >= 11 is 0. The predicted octanol–water partition coefficient (Wildman–Crippen LogP) is 1.15. The Bertz CT molecular complexity index is 180. The minimum absolute atomic E-state index is 0.0745. The van der Waals surface area contributed by atoms with Crippen LogP contribution in [-0.2, 0) is 9.53 Å². The van der Waals surface area contributed by atoms with E-state index < -0.39 is 0 Å². The number of hydrogen-bond donors (Lipinski definition) is 2. The Hall–Kier alpha value is -0.610. The first-order valence-corrected chi connectivity index (χ1v) is 6.14. The van der Waals surface area contributed by atoms with Crippen LogP contribution in [0.1, 0.15) is 33.6 Å². The zero-order valence-corrected chi connectivity index (χ0v) is 10.8. The van der Waals surface area contributed by atoms with Gasteiger partial charge in [-0.3, -0.25) is 4.79 Å². The van der Waals surface area contributed by atoms with E-state index in [1.807, 2.05) is 0 Å². The molecule has 0 radical (unpaired) electrons. The number of hydrogen-bond acceptors (Lipinski definition) is 3. The molecule has 0 rings (SSSR count). The average molecular weight is 230 g/mol. The van der Waals surface area contributed by atoms with Crippen LogP contribution in [0.4, 0.5) is 0 Å². The highest BCUT2D eigenvalue weighted by atomic mass is 16.5. The van der Waals surface area contributed by atoms with Gasteiger partial charge >= 0.3 is 0 Å². The molecule has 0 aliphatic heterocycles. The molecule has 0 spiro atoms. The summed E-state index contributed by atoms with van der Waals surface area (Å²) in [7, 11) is 0. The van der Waals surface area contributed by atoms with Gasteiger partial charge in [0.1, 0.15) is 0 Å². The van der Waals surface area contributed by atoms with Gasteiger partial charge in [0.2, 0.25) is 5.91 Å². The Morgan fingerprint density at radius 1 is 1.44 bits per heavy atom. The van der Waals surface area contributed by atoms with Crippen molar-refractivity contribution in [3.63, 3.8) is 0 Å². The number of amides is 1. The third-order valence-corrected chi connectivity index (χ3v) is 2.40. The van der Waals surface area contributed by atoms with Crippen molar-refractivity contribution in [3.8, 4) is 0 Å². The van der Waals surface area contributed by atoms with Crippen molar-refractivity contribution in [1.29, 1.82) is 0 Å². The predicted molar refractivity (Wildman–Crippen MR) is 66.1 cm³/mol.